The van der Waals surface area contributed by atoms with Gasteiger partial charge in [-0.15, -0.1) is 0 Å². The molecule has 1 unspecified atom stereocenters. The largest absolute Gasteiger partial charge is 0.398 e. The van der Waals surface area contributed by atoms with Crippen molar-refractivity contribution in [2.45, 2.75) is 58.1 Å². The number of hydrogen-bond donors (Lipinski definition) is 2. The topological polar surface area (TPSA) is 47.3 Å². The Morgan fingerprint density at radius 2 is 2.11 bits per heavy atom. The number of ether oxygens (including phenoxy) is 1. The summed E-state index contributed by atoms with van der Waals surface area (Å²) in [6.07, 6.45) is 4.30. The molecule has 1 aliphatic rings. The second-order valence-electron chi connectivity index (χ2n) is 5.59. The van der Waals surface area contributed by atoms with Gasteiger partial charge in [0.15, 0.2) is 0 Å². The van der Waals surface area contributed by atoms with Gasteiger partial charge in [-0.05, 0) is 50.3 Å². The van der Waals surface area contributed by atoms with Gasteiger partial charge >= 0.3 is 0 Å². The fraction of sp³-hybridized carbons (Fsp3) is 0.625. The van der Waals surface area contributed by atoms with Gasteiger partial charge in [0.2, 0.25) is 0 Å². The van der Waals surface area contributed by atoms with E-state index in [0.29, 0.717) is 6.04 Å². The van der Waals surface area contributed by atoms with Gasteiger partial charge in [-0.2, -0.15) is 0 Å². The van der Waals surface area contributed by atoms with E-state index in [1.807, 2.05) is 12.1 Å². The third kappa shape index (κ3) is 3.03. The van der Waals surface area contributed by atoms with Gasteiger partial charge in [-0.3, -0.25) is 0 Å². The molecule has 0 amide bonds. The van der Waals surface area contributed by atoms with Crippen molar-refractivity contribution in [2.24, 2.45) is 0 Å². The zero-order chi connectivity index (χ0) is 13.9. The summed E-state index contributed by atoms with van der Waals surface area (Å²) in [6.45, 7) is 7.36. The molecule has 1 fully saturated rings. The fourth-order valence-electron chi connectivity index (χ4n) is 2.92. The fourth-order valence-corrected chi connectivity index (χ4v) is 2.92. The minimum absolute atomic E-state index is 0.0597. The molecule has 2 rings (SSSR count). The highest BCUT2D eigenvalue weighted by Crippen LogP contribution is 2.33. The lowest BCUT2D eigenvalue weighted by molar-refractivity contribution is -0.0864. The quantitative estimate of drug-likeness (QED) is 0.813. The van der Waals surface area contributed by atoms with Crippen LogP contribution in [-0.2, 0) is 4.74 Å². The minimum atomic E-state index is 0.0597. The third-order valence-electron chi connectivity index (χ3n) is 4.52. The second kappa shape index (κ2) is 5.83. The van der Waals surface area contributed by atoms with E-state index in [9.17, 15) is 0 Å². The minimum Gasteiger partial charge on any atom is -0.398 e. The molecule has 0 saturated carbocycles. The van der Waals surface area contributed by atoms with E-state index in [2.05, 4.69) is 32.2 Å². The molecule has 1 aromatic carbocycles. The Kier molecular flexibility index (Phi) is 4.35. The van der Waals surface area contributed by atoms with Gasteiger partial charge in [-0.25, -0.2) is 0 Å². The van der Waals surface area contributed by atoms with E-state index in [-0.39, 0.29) is 5.60 Å². The lowest BCUT2D eigenvalue weighted by atomic mass is 9.85. The Bertz CT molecular complexity index is 427. The van der Waals surface area contributed by atoms with Gasteiger partial charge < -0.3 is 15.8 Å². The van der Waals surface area contributed by atoms with E-state index in [0.717, 1.165) is 49.2 Å². The van der Waals surface area contributed by atoms with E-state index < -0.39 is 0 Å². The second-order valence-corrected chi connectivity index (χ2v) is 5.59. The summed E-state index contributed by atoms with van der Waals surface area (Å²) in [7, 11) is 0. The van der Waals surface area contributed by atoms with Crippen LogP contribution in [0.1, 0.15) is 45.1 Å². The van der Waals surface area contributed by atoms with Crippen molar-refractivity contribution in [3.63, 3.8) is 0 Å². The molecule has 1 heterocycles. The summed E-state index contributed by atoms with van der Waals surface area (Å²) in [5.41, 5.74) is 9.19. The molecule has 19 heavy (non-hydrogen) atoms. The highest BCUT2D eigenvalue weighted by Gasteiger charge is 2.34. The Morgan fingerprint density at radius 1 is 1.37 bits per heavy atom. The summed E-state index contributed by atoms with van der Waals surface area (Å²) < 4.78 is 6.02. The van der Waals surface area contributed by atoms with E-state index in [1.54, 1.807) is 0 Å². The number of hydrogen-bond acceptors (Lipinski definition) is 3. The van der Waals surface area contributed by atoms with Crippen LogP contribution < -0.4 is 11.1 Å². The summed E-state index contributed by atoms with van der Waals surface area (Å²) in [5.74, 6) is 0. The molecule has 106 valence electrons. The van der Waals surface area contributed by atoms with Crippen LogP contribution >= 0.6 is 0 Å². The number of rotatable bonds is 4. The lowest BCUT2D eigenvalue weighted by Crippen LogP contribution is -2.43. The number of benzene rings is 1. The molecular weight excluding hydrogens is 236 g/mol. The van der Waals surface area contributed by atoms with Crippen molar-refractivity contribution in [1.82, 2.24) is 0 Å². The van der Waals surface area contributed by atoms with Crippen LogP contribution in [0.2, 0.25) is 0 Å². The molecule has 1 atom stereocenters. The van der Waals surface area contributed by atoms with Crippen molar-refractivity contribution in [3.8, 4) is 0 Å². The zero-order valence-electron chi connectivity index (χ0n) is 12.3. The van der Waals surface area contributed by atoms with Crippen molar-refractivity contribution in [1.29, 1.82) is 0 Å². The maximum Gasteiger partial charge on any atom is 0.0696 e. The first kappa shape index (κ1) is 14.2. The van der Waals surface area contributed by atoms with Crippen molar-refractivity contribution in [2.75, 3.05) is 17.7 Å². The summed E-state index contributed by atoms with van der Waals surface area (Å²) in [4.78, 5) is 0. The van der Waals surface area contributed by atoms with Crippen LogP contribution in [0.15, 0.2) is 18.2 Å². The molecule has 1 saturated heterocycles. The maximum atomic E-state index is 6.02. The zero-order valence-corrected chi connectivity index (χ0v) is 12.3. The van der Waals surface area contributed by atoms with Crippen LogP contribution in [0, 0.1) is 6.92 Å². The highest BCUT2D eigenvalue weighted by molar-refractivity contribution is 5.63. The maximum absolute atomic E-state index is 6.02. The van der Waals surface area contributed by atoms with Crippen LogP contribution in [0.3, 0.4) is 0 Å². The molecule has 3 heteroatoms. The normalized spacial score (nSPS) is 22.2. The van der Waals surface area contributed by atoms with Crippen molar-refractivity contribution in [3.05, 3.63) is 23.8 Å². The van der Waals surface area contributed by atoms with E-state index in [4.69, 9.17) is 10.5 Å². The molecule has 1 aliphatic heterocycles. The summed E-state index contributed by atoms with van der Waals surface area (Å²) in [6, 6.07) is 6.55. The summed E-state index contributed by atoms with van der Waals surface area (Å²) >= 11 is 0. The Hall–Kier alpha value is -1.22. The van der Waals surface area contributed by atoms with Crippen LogP contribution in [0.4, 0.5) is 11.4 Å². The Labute approximate surface area is 116 Å². The van der Waals surface area contributed by atoms with E-state index >= 15 is 0 Å². The van der Waals surface area contributed by atoms with Gasteiger partial charge in [-0.1, -0.05) is 19.9 Å². The molecular formula is C16H26N2O. The first-order chi connectivity index (χ1) is 9.10. The number of nitrogen functional groups attached to an aromatic ring is 1. The smallest absolute Gasteiger partial charge is 0.0696 e. The highest BCUT2D eigenvalue weighted by atomic mass is 16.5. The molecule has 0 aliphatic carbocycles. The molecule has 0 spiro atoms. The summed E-state index contributed by atoms with van der Waals surface area (Å²) in [5, 5.41) is 3.65. The van der Waals surface area contributed by atoms with E-state index in [1.165, 1.54) is 0 Å². The SMILES string of the molecule is CCC1(CC)CC(Nc2cccc(N)c2C)CCO1. The predicted octanol–water partition coefficient (Wildman–Crippen LogP) is 3.73. The Morgan fingerprint density at radius 3 is 2.79 bits per heavy atom. The molecule has 1 aromatic rings. The van der Waals surface area contributed by atoms with Gasteiger partial charge in [0.1, 0.15) is 0 Å². The molecule has 3 nitrogen and oxygen atoms in total. The molecule has 3 N–H and O–H groups in total. The van der Waals surface area contributed by atoms with Gasteiger partial charge in [0, 0.05) is 24.0 Å². The van der Waals surface area contributed by atoms with Crippen molar-refractivity contribution < 1.29 is 4.74 Å². The predicted molar refractivity (Wildman–Crippen MR) is 81.5 cm³/mol. The van der Waals surface area contributed by atoms with Gasteiger partial charge in [0.25, 0.3) is 0 Å². The lowest BCUT2D eigenvalue weighted by Gasteiger charge is -2.40. The van der Waals surface area contributed by atoms with Crippen molar-refractivity contribution >= 4 is 11.4 Å². The molecule has 0 radical (unpaired) electrons. The molecule has 0 aromatic heterocycles. The van der Waals surface area contributed by atoms with Crippen LogP contribution in [0.5, 0.6) is 0 Å². The average molecular weight is 262 g/mol. The third-order valence-corrected chi connectivity index (χ3v) is 4.52. The van der Waals surface area contributed by atoms with Gasteiger partial charge in [0.05, 0.1) is 5.60 Å². The average Bonchev–Trinajstić information content (AvgIpc) is 2.44. The standard InChI is InChI=1S/C16H26N2O/c1-4-16(5-2)11-13(9-10-19-16)18-15-8-6-7-14(17)12(15)3/h6-8,13,18H,4-5,9-11,17H2,1-3H3. The number of anilines is 2. The first-order valence-corrected chi connectivity index (χ1v) is 7.36. The van der Waals surface area contributed by atoms with Crippen LogP contribution in [-0.4, -0.2) is 18.2 Å². The number of nitrogens with two attached hydrogens (primary N) is 1. The molecule has 0 bridgehead atoms. The first-order valence-electron chi connectivity index (χ1n) is 7.36. The number of nitrogens with one attached hydrogen (secondary N) is 1. The monoisotopic (exact) mass is 262 g/mol. The van der Waals surface area contributed by atoms with Crippen LogP contribution in [0.25, 0.3) is 0 Å². The Balaban J connectivity index is 2.09.